The molecular formula is C14H20N4O3. The highest BCUT2D eigenvalue weighted by Gasteiger charge is 2.31. The van der Waals surface area contributed by atoms with Crippen LogP contribution >= 0.6 is 0 Å². The lowest BCUT2D eigenvalue weighted by molar-refractivity contribution is -0.141. The van der Waals surface area contributed by atoms with Crippen molar-refractivity contribution < 1.29 is 9.53 Å². The van der Waals surface area contributed by atoms with Gasteiger partial charge in [0.25, 0.3) is 11.5 Å². The first kappa shape index (κ1) is 14.1. The largest absolute Gasteiger partial charge is 0.368 e. The van der Waals surface area contributed by atoms with Crippen molar-refractivity contribution in [2.75, 3.05) is 32.1 Å². The van der Waals surface area contributed by atoms with Gasteiger partial charge in [0.1, 0.15) is 6.10 Å². The second kappa shape index (κ2) is 5.48. The van der Waals surface area contributed by atoms with Crippen LogP contribution in [0.2, 0.25) is 0 Å². The van der Waals surface area contributed by atoms with E-state index in [-0.39, 0.29) is 17.6 Å². The maximum absolute atomic E-state index is 12.4. The topological polar surface area (TPSA) is 78.5 Å². The van der Waals surface area contributed by atoms with Crippen molar-refractivity contribution >= 4 is 11.9 Å². The van der Waals surface area contributed by atoms with Gasteiger partial charge in [-0.2, -0.15) is 0 Å². The Kier molecular flexibility index (Phi) is 3.67. The molecule has 1 aromatic rings. The predicted octanol–water partition coefficient (Wildman–Crippen LogP) is -0.100. The highest BCUT2D eigenvalue weighted by molar-refractivity contribution is 5.81. The zero-order valence-corrected chi connectivity index (χ0v) is 12.4. The average Bonchev–Trinajstić information content (AvgIpc) is 2.99. The molecule has 7 nitrogen and oxygen atoms in total. The Morgan fingerprint density at radius 1 is 1.48 bits per heavy atom. The molecule has 1 aromatic heterocycles. The monoisotopic (exact) mass is 292 g/mol. The number of amides is 1. The minimum absolute atomic E-state index is 0.0200. The zero-order chi connectivity index (χ0) is 15.0. The van der Waals surface area contributed by atoms with Crippen LogP contribution in [0.25, 0.3) is 0 Å². The maximum atomic E-state index is 12.4. The van der Waals surface area contributed by atoms with Crippen LogP contribution in [0.5, 0.6) is 0 Å². The normalized spacial score (nSPS) is 21.2. The number of aromatic nitrogens is 2. The Hall–Kier alpha value is -1.89. The number of rotatable bonds is 2. The van der Waals surface area contributed by atoms with E-state index in [9.17, 15) is 9.59 Å². The molecule has 2 aliphatic heterocycles. The Bertz CT molecular complexity index is 605. The lowest BCUT2D eigenvalue weighted by atomic mass is 10.1. The Labute approximate surface area is 122 Å². The molecule has 7 heteroatoms. The molecule has 2 aliphatic rings. The SMILES string of the molecule is CN(C)c1nc2c(c(=O)[nH]1)CCN(C(=O)C1CCCO1)C2. The fourth-order valence-corrected chi connectivity index (χ4v) is 2.80. The van der Waals surface area contributed by atoms with E-state index in [1.165, 1.54) is 0 Å². The maximum Gasteiger partial charge on any atom is 0.255 e. The third-order valence-electron chi connectivity index (χ3n) is 4.00. The number of nitrogens with one attached hydrogen (secondary N) is 1. The molecular weight excluding hydrogens is 272 g/mol. The Balaban J connectivity index is 1.84. The summed E-state index contributed by atoms with van der Waals surface area (Å²) in [6.45, 7) is 1.60. The van der Waals surface area contributed by atoms with Crippen LogP contribution in [0.15, 0.2) is 4.79 Å². The minimum Gasteiger partial charge on any atom is -0.368 e. The molecule has 114 valence electrons. The van der Waals surface area contributed by atoms with Crippen LogP contribution in [0.1, 0.15) is 24.1 Å². The van der Waals surface area contributed by atoms with E-state index in [0.717, 1.165) is 12.8 Å². The van der Waals surface area contributed by atoms with Gasteiger partial charge >= 0.3 is 0 Å². The van der Waals surface area contributed by atoms with Gasteiger partial charge in [-0.1, -0.05) is 0 Å². The third kappa shape index (κ3) is 2.65. The van der Waals surface area contributed by atoms with Gasteiger partial charge < -0.3 is 14.5 Å². The summed E-state index contributed by atoms with van der Waals surface area (Å²) in [4.78, 5) is 35.2. The first-order valence-electron chi connectivity index (χ1n) is 7.26. The molecule has 0 bridgehead atoms. The number of H-pyrrole nitrogens is 1. The molecule has 3 heterocycles. The van der Waals surface area contributed by atoms with Crippen molar-refractivity contribution in [3.8, 4) is 0 Å². The highest BCUT2D eigenvalue weighted by Crippen LogP contribution is 2.20. The van der Waals surface area contributed by atoms with Crippen molar-refractivity contribution in [1.82, 2.24) is 14.9 Å². The van der Waals surface area contributed by atoms with Crippen LogP contribution in [-0.2, 0) is 22.5 Å². The summed E-state index contributed by atoms with van der Waals surface area (Å²) >= 11 is 0. The average molecular weight is 292 g/mol. The van der Waals surface area contributed by atoms with Crippen molar-refractivity contribution in [2.24, 2.45) is 0 Å². The molecule has 0 spiro atoms. The van der Waals surface area contributed by atoms with Gasteiger partial charge in [-0.15, -0.1) is 0 Å². The molecule has 1 N–H and O–H groups in total. The smallest absolute Gasteiger partial charge is 0.255 e. The van der Waals surface area contributed by atoms with Crippen LogP contribution in [-0.4, -0.2) is 54.1 Å². The van der Waals surface area contributed by atoms with E-state index >= 15 is 0 Å². The number of carbonyl (C=O) groups is 1. The van der Waals surface area contributed by atoms with Crippen LogP contribution < -0.4 is 10.5 Å². The molecule has 3 rings (SSSR count). The number of fused-ring (bicyclic) bond motifs is 1. The molecule has 1 amide bonds. The van der Waals surface area contributed by atoms with Crippen molar-refractivity contribution in [2.45, 2.75) is 31.9 Å². The van der Waals surface area contributed by atoms with Crippen LogP contribution in [0.3, 0.4) is 0 Å². The summed E-state index contributed by atoms with van der Waals surface area (Å²) < 4.78 is 5.45. The fourth-order valence-electron chi connectivity index (χ4n) is 2.80. The van der Waals surface area contributed by atoms with Gasteiger partial charge in [-0.05, 0) is 19.3 Å². The van der Waals surface area contributed by atoms with Crippen molar-refractivity contribution in [3.63, 3.8) is 0 Å². The number of nitrogens with zero attached hydrogens (tertiary/aromatic N) is 3. The second-order valence-corrected chi connectivity index (χ2v) is 5.72. The summed E-state index contributed by atoms with van der Waals surface area (Å²) in [5.41, 5.74) is 1.28. The van der Waals surface area contributed by atoms with E-state index in [1.807, 2.05) is 14.1 Å². The summed E-state index contributed by atoms with van der Waals surface area (Å²) in [5, 5.41) is 0. The minimum atomic E-state index is -0.318. The molecule has 1 atom stereocenters. The van der Waals surface area contributed by atoms with Crippen molar-refractivity contribution in [1.29, 1.82) is 0 Å². The number of aromatic amines is 1. The Morgan fingerprint density at radius 3 is 2.95 bits per heavy atom. The third-order valence-corrected chi connectivity index (χ3v) is 4.00. The highest BCUT2D eigenvalue weighted by atomic mass is 16.5. The number of hydrogen-bond acceptors (Lipinski definition) is 5. The molecule has 0 aliphatic carbocycles. The van der Waals surface area contributed by atoms with Crippen molar-refractivity contribution in [3.05, 3.63) is 21.6 Å². The lowest BCUT2D eigenvalue weighted by Crippen LogP contribution is -2.44. The summed E-state index contributed by atoms with van der Waals surface area (Å²) in [6, 6.07) is 0. The number of ether oxygens (including phenoxy) is 1. The van der Waals surface area contributed by atoms with Gasteiger partial charge in [0.15, 0.2) is 0 Å². The first-order chi connectivity index (χ1) is 10.1. The standard InChI is InChI=1S/C14H20N4O3/c1-17(2)14-15-10-8-18(6-5-9(10)12(19)16-14)13(20)11-4-3-7-21-11/h11H,3-8H2,1-2H3,(H,15,16,19). The van der Waals surface area contributed by atoms with E-state index in [4.69, 9.17) is 4.74 Å². The van der Waals surface area contributed by atoms with Gasteiger partial charge in [-0.25, -0.2) is 4.98 Å². The first-order valence-corrected chi connectivity index (χ1v) is 7.26. The molecule has 21 heavy (non-hydrogen) atoms. The Morgan fingerprint density at radius 2 is 2.29 bits per heavy atom. The zero-order valence-electron chi connectivity index (χ0n) is 12.4. The number of anilines is 1. The van der Waals surface area contributed by atoms with E-state index < -0.39 is 0 Å². The van der Waals surface area contributed by atoms with E-state index in [1.54, 1.807) is 9.80 Å². The molecule has 0 radical (unpaired) electrons. The van der Waals surface area contributed by atoms with Crippen LogP contribution in [0, 0.1) is 0 Å². The number of carbonyl (C=O) groups excluding carboxylic acids is 1. The fraction of sp³-hybridized carbons (Fsp3) is 0.643. The predicted molar refractivity (Wildman–Crippen MR) is 77.3 cm³/mol. The summed E-state index contributed by atoms with van der Waals surface area (Å²) in [5.74, 6) is 0.539. The molecule has 1 saturated heterocycles. The lowest BCUT2D eigenvalue weighted by Gasteiger charge is -2.30. The number of hydrogen-bond donors (Lipinski definition) is 1. The molecule has 1 fully saturated rings. The summed E-state index contributed by atoms with van der Waals surface area (Å²) in [7, 11) is 3.64. The second-order valence-electron chi connectivity index (χ2n) is 5.72. The molecule has 1 unspecified atom stereocenters. The molecule has 0 aromatic carbocycles. The quantitative estimate of drug-likeness (QED) is 0.823. The summed E-state index contributed by atoms with van der Waals surface area (Å²) in [6.07, 6.45) is 1.95. The van der Waals surface area contributed by atoms with E-state index in [2.05, 4.69) is 9.97 Å². The molecule has 0 saturated carbocycles. The van der Waals surface area contributed by atoms with Gasteiger partial charge in [0.2, 0.25) is 5.95 Å². The van der Waals surface area contributed by atoms with Gasteiger partial charge in [0, 0.05) is 32.8 Å². The van der Waals surface area contributed by atoms with Gasteiger partial charge in [0.05, 0.1) is 12.2 Å². The van der Waals surface area contributed by atoms with E-state index in [0.29, 0.717) is 43.3 Å². The van der Waals surface area contributed by atoms with Crippen LogP contribution in [0.4, 0.5) is 5.95 Å². The van der Waals surface area contributed by atoms with Gasteiger partial charge in [-0.3, -0.25) is 14.6 Å².